The van der Waals surface area contributed by atoms with Crippen molar-refractivity contribution in [1.82, 2.24) is 5.43 Å². The first-order valence-electron chi connectivity index (χ1n) is 8.80. The monoisotopic (exact) mass is 490 g/mol. The Morgan fingerprint density at radius 3 is 2.60 bits per heavy atom. The summed E-state index contributed by atoms with van der Waals surface area (Å²) in [5, 5.41) is 4.50. The molecule has 1 amide bonds. The Kier molecular flexibility index (Phi) is 7.43. The van der Waals surface area contributed by atoms with E-state index >= 15 is 0 Å². The van der Waals surface area contributed by atoms with Gasteiger partial charge in [0.25, 0.3) is 5.91 Å². The van der Waals surface area contributed by atoms with Gasteiger partial charge in [-0.25, -0.2) is 9.82 Å². The zero-order valence-electron chi connectivity index (χ0n) is 15.9. The van der Waals surface area contributed by atoms with Crippen LogP contribution in [0.2, 0.25) is 5.02 Å². The molecule has 0 aromatic heterocycles. The van der Waals surface area contributed by atoms with Crippen LogP contribution in [0.1, 0.15) is 21.5 Å². The van der Waals surface area contributed by atoms with Crippen LogP contribution in [0, 0.1) is 5.82 Å². The highest BCUT2D eigenvalue weighted by Gasteiger charge is 2.12. The quantitative estimate of drug-likeness (QED) is 0.346. The minimum absolute atomic E-state index is 0.240. The Morgan fingerprint density at radius 1 is 1.13 bits per heavy atom. The molecule has 0 bridgehead atoms. The zero-order valence-corrected chi connectivity index (χ0v) is 18.2. The molecule has 0 atom stereocenters. The molecule has 0 spiro atoms. The van der Waals surface area contributed by atoms with E-state index in [9.17, 15) is 9.18 Å². The number of nitrogens with zero attached hydrogens (tertiary/aromatic N) is 1. The van der Waals surface area contributed by atoms with Crippen molar-refractivity contribution in [3.8, 4) is 11.5 Å². The summed E-state index contributed by atoms with van der Waals surface area (Å²) in [6.45, 7) is 0.240. The normalized spacial score (nSPS) is 10.8. The second-order valence-corrected chi connectivity index (χ2v) is 7.49. The lowest BCUT2D eigenvalue weighted by Crippen LogP contribution is -2.18. The molecule has 0 radical (unpaired) electrons. The molecule has 0 saturated carbocycles. The van der Waals surface area contributed by atoms with Crippen LogP contribution in [0.15, 0.2) is 70.2 Å². The number of benzene rings is 3. The molecule has 30 heavy (non-hydrogen) atoms. The van der Waals surface area contributed by atoms with E-state index < -0.39 is 5.91 Å². The van der Waals surface area contributed by atoms with Crippen LogP contribution >= 0.6 is 27.5 Å². The van der Waals surface area contributed by atoms with Gasteiger partial charge in [-0.05, 0) is 54.1 Å². The van der Waals surface area contributed by atoms with Gasteiger partial charge in [0.2, 0.25) is 0 Å². The van der Waals surface area contributed by atoms with E-state index in [1.54, 1.807) is 48.5 Å². The molecule has 0 saturated heterocycles. The standard InChI is InChI=1S/C22H17BrClFN2O3/c1-29-21-8-4-16(23)11-19(21)22(28)27-26-12-15-10-17(24)5-9-20(15)30-13-14-2-6-18(25)7-3-14/h2-12H,13H2,1H3,(H,27,28)/b26-12-. The summed E-state index contributed by atoms with van der Waals surface area (Å²) < 4.78 is 24.8. The second-order valence-electron chi connectivity index (χ2n) is 6.14. The number of amides is 1. The SMILES string of the molecule is COc1ccc(Br)cc1C(=O)N/N=C\c1cc(Cl)ccc1OCc1ccc(F)cc1. The lowest BCUT2D eigenvalue weighted by molar-refractivity contribution is 0.0952. The van der Waals surface area contributed by atoms with Crippen LogP contribution in [-0.4, -0.2) is 19.2 Å². The molecule has 0 fully saturated rings. The highest BCUT2D eigenvalue weighted by atomic mass is 79.9. The average molecular weight is 492 g/mol. The first-order valence-corrected chi connectivity index (χ1v) is 9.97. The smallest absolute Gasteiger partial charge is 0.275 e. The van der Waals surface area contributed by atoms with Crippen molar-refractivity contribution in [1.29, 1.82) is 0 Å². The molecule has 154 valence electrons. The lowest BCUT2D eigenvalue weighted by Gasteiger charge is -2.10. The van der Waals surface area contributed by atoms with E-state index in [0.717, 1.165) is 10.0 Å². The van der Waals surface area contributed by atoms with Crippen molar-refractivity contribution in [2.75, 3.05) is 7.11 Å². The van der Waals surface area contributed by atoms with E-state index in [0.29, 0.717) is 27.6 Å². The minimum atomic E-state index is -0.430. The highest BCUT2D eigenvalue weighted by molar-refractivity contribution is 9.10. The first kappa shape index (κ1) is 21.8. The van der Waals surface area contributed by atoms with Gasteiger partial charge < -0.3 is 9.47 Å². The number of hydrogen-bond donors (Lipinski definition) is 1. The topological polar surface area (TPSA) is 59.9 Å². The van der Waals surface area contributed by atoms with Crippen LogP contribution in [0.4, 0.5) is 4.39 Å². The summed E-state index contributed by atoms with van der Waals surface area (Å²) in [6, 6.07) is 16.2. The van der Waals surface area contributed by atoms with Gasteiger partial charge in [-0.2, -0.15) is 5.10 Å². The predicted octanol–water partition coefficient (Wildman–Crippen LogP) is 5.59. The van der Waals surface area contributed by atoms with Crippen LogP contribution in [0.25, 0.3) is 0 Å². The summed E-state index contributed by atoms with van der Waals surface area (Å²) in [6.07, 6.45) is 1.44. The number of nitrogens with one attached hydrogen (secondary N) is 1. The Hall–Kier alpha value is -2.90. The maximum absolute atomic E-state index is 13.0. The van der Waals surface area contributed by atoms with Gasteiger partial charge in [0.1, 0.15) is 23.9 Å². The van der Waals surface area contributed by atoms with Gasteiger partial charge in [0.05, 0.1) is 18.9 Å². The largest absolute Gasteiger partial charge is 0.496 e. The van der Waals surface area contributed by atoms with Gasteiger partial charge in [0.15, 0.2) is 0 Å². The highest BCUT2D eigenvalue weighted by Crippen LogP contribution is 2.24. The summed E-state index contributed by atoms with van der Waals surface area (Å²) in [7, 11) is 1.49. The number of rotatable bonds is 7. The molecule has 1 N–H and O–H groups in total. The van der Waals surface area contributed by atoms with Gasteiger partial charge >= 0.3 is 0 Å². The second kappa shape index (κ2) is 10.2. The first-order chi connectivity index (χ1) is 14.5. The van der Waals surface area contributed by atoms with Crippen molar-refractivity contribution in [2.24, 2.45) is 5.10 Å². The van der Waals surface area contributed by atoms with Gasteiger partial charge in [-0.3, -0.25) is 4.79 Å². The predicted molar refractivity (Wildman–Crippen MR) is 118 cm³/mol. The molecule has 0 aliphatic carbocycles. The fourth-order valence-corrected chi connectivity index (χ4v) is 3.11. The fraction of sp³-hybridized carbons (Fsp3) is 0.0909. The number of halogens is 3. The third-order valence-electron chi connectivity index (χ3n) is 4.06. The number of hydrazone groups is 1. The van der Waals surface area contributed by atoms with Crippen LogP contribution in [-0.2, 0) is 6.61 Å². The van der Waals surface area contributed by atoms with E-state index in [-0.39, 0.29) is 12.4 Å². The van der Waals surface area contributed by atoms with E-state index in [2.05, 4.69) is 26.5 Å². The Balaban J connectivity index is 1.72. The molecular weight excluding hydrogens is 475 g/mol. The molecule has 0 aliphatic heterocycles. The Morgan fingerprint density at radius 2 is 1.87 bits per heavy atom. The van der Waals surface area contributed by atoms with Crippen molar-refractivity contribution >= 4 is 39.7 Å². The summed E-state index contributed by atoms with van der Waals surface area (Å²) >= 11 is 9.41. The van der Waals surface area contributed by atoms with Crippen molar-refractivity contribution in [2.45, 2.75) is 6.61 Å². The van der Waals surface area contributed by atoms with Crippen LogP contribution in [0.5, 0.6) is 11.5 Å². The molecule has 0 heterocycles. The number of carbonyl (C=O) groups is 1. The molecule has 3 aromatic carbocycles. The molecule has 5 nitrogen and oxygen atoms in total. The van der Waals surface area contributed by atoms with E-state index in [1.165, 1.54) is 25.5 Å². The zero-order chi connectivity index (χ0) is 21.5. The number of hydrogen-bond acceptors (Lipinski definition) is 4. The maximum Gasteiger partial charge on any atom is 0.275 e. The number of ether oxygens (including phenoxy) is 2. The fourth-order valence-electron chi connectivity index (χ4n) is 2.57. The number of methoxy groups -OCH3 is 1. The third kappa shape index (κ3) is 5.81. The van der Waals surface area contributed by atoms with Crippen LogP contribution in [0.3, 0.4) is 0 Å². The average Bonchev–Trinajstić information content (AvgIpc) is 2.74. The van der Waals surface area contributed by atoms with Gasteiger partial charge in [-0.1, -0.05) is 39.7 Å². The number of carbonyl (C=O) groups excluding carboxylic acids is 1. The van der Waals surface area contributed by atoms with Crippen molar-refractivity contribution in [3.63, 3.8) is 0 Å². The van der Waals surface area contributed by atoms with Gasteiger partial charge in [0, 0.05) is 15.1 Å². The maximum atomic E-state index is 13.0. The molecule has 0 aliphatic rings. The Labute approximate surface area is 186 Å². The molecule has 3 aromatic rings. The van der Waals surface area contributed by atoms with E-state index in [1.807, 2.05) is 0 Å². The molecular formula is C22H17BrClFN2O3. The summed E-state index contributed by atoms with van der Waals surface area (Å²) in [5.41, 5.74) is 4.19. The minimum Gasteiger partial charge on any atom is -0.496 e. The third-order valence-corrected chi connectivity index (χ3v) is 4.78. The molecule has 8 heteroatoms. The Bertz CT molecular complexity index is 1070. The molecule has 3 rings (SSSR count). The van der Waals surface area contributed by atoms with Crippen molar-refractivity contribution < 1.29 is 18.7 Å². The van der Waals surface area contributed by atoms with Crippen LogP contribution < -0.4 is 14.9 Å². The van der Waals surface area contributed by atoms with Crippen molar-refractivity contribution in [3.05, 3.63) is 92.7 Å². The van der Waals surface area contributed by atoms with Gasteiger partial charge in [-0.15, -0.1) is 0 Å². The van der Waals surface area contributed by atoms with E-state index in [4.69, 9.17) is 21.1 Å². The summed E-state index contributed by atoms with van der Waals surface area (Å²) in [5.74, 6) is 0.204. The lowest BCUT2D eigenvalue weighted by atomic mass is 10.2. The summed E-state index contributed by atoms with van der Waals surface area (Å²) in [4.78, 5) is 12.4. The molecule has 0 unspecified atom stereocenters.